The summed E-state index contributed by atoms with van der Waals surface area (Å²) in [4.78, 5) is 11.6. The summed E-state index contributed by atoms with van der Waals surface area (Å²) in [6.45, 7) is 8.32. The third-order valence-electron chi connectivity index (χ3n) is 2.76. The van der Waals surface area contributed by atoms with Crippen molar-refractivity contribution in [3.05, 3.63) is 35.4 Å². The molecule has 0 aliphatic carbocycles. The second kappa shape index (κ2) is 7.88. The van der Waals surface area contributed by atoms with Gasteiger partial charge in [-0.1, -0.05) is 43.7 Å². The van der Waals surface area contributed by atoms with Crippen LogP contribution in [-0.2, 0) is 11.3 Å². The fourth-order valence-electron chi connectivity index (χ4n) is 1.68. The zero-order valence-electron chi connectivity index (χ0n) is 11.6. The maximum atomic E-state index is 11.6. The highest BCUT2D eigenvalue weighted by Gasteiger charge is 2.01. The summed E-state index contributed by atoms with van der Waals surface area (Å²) in [5.74, 6) is 0.730. The van der Waals surface area contributed by atoms with Gasteiger partial charge in [0.15, 0.2) is 0 Å². The first-order valence-electron chi connectivity index (χ1n) is 6.61. The number of hydrogen-bond donors (Lipinski definition) is 2. The number of amides is 1. The van der Waals surface area contributed by atoms with Gasteiger partial charge in [0.05, 0.1) is 6.54 Å². The van der Waals surface area contributed by atoms with Crippen molar-refractivity contribution in [2.75, 3.05) is 13.1 Å². The van der Waals surface area contributed by atoms with Gasteiger partial charge in [-0.05, 0) is 31.4 Å². The summed E-state index contributed by atoms with van der Waals surface area (Å²) in [7, 11) is 0. The molecule has 1 aromatic carbocycles. The van der Waals surface area contributed by atoms with Crippen molar-refractivity contribution in [1.82, 2.24) is 10.6 Å². The number of rotatable bonds is 7. The first kappa shape index (κ1) is 14.7. The minimum Gasteiger partial charge on any atom is -0.351 e. The molecule has 0 radical (unpaired) electrons. The van der Waals surface area contributed by atoms with Crippen LogP contribution in [0, 0.1) is 12.8 Å². The summed E-state index contributed by atoms with van der Waals surface area (Å²) < 4.78 is 0. The van der Waals surface area contributed by atoms with Crippen LogP contribution in [0.3, 0.4) is 0 Å². The summed E-state index contributed by atoms with van der Waals surface area (Å²) in [6, 6.07) is 8.18. The molecule has 0 bridgehead atoms. The Balaban J connectivity index is 2.17. The predicted octanol–water partition coefficient (Wildman–Crippen LogP) is 2.25. The lowest BCUT2D eigenvalue weighted by Gasteiger charge is -2.08. The van der Waals surface area contributed by atoms with E-state index in [-0.39, 0.29) is 5.91 Å². The molecule has 0 fully saturated rings. The number of benzene rings is 1. The van der Waals surface area contributed by atoms with E-state index < -0.39 is 0 Å². The van der Waals surface area contributed by atoms with Crippen LogP contribution in [0.5, 0.6) is 0 Å². The molecule has 2 N–H and O–H groups in total. The SMILES string of the molecule is Cc1cccc(CNC(=O)CNCCC(C)C)c1. The maximum Gasteiger partial charge on any atom is 0.234 e. The normalized spacial score (nSPS) is 10.7. The Hall–Kier alpha value is -1.35. The smallest absolute Gasteiger partial charge is 0.234 e. The first-order valence-corrected chi connectivity index (χ1v) is 6.61. The van der Waals surface area contributed by atoms with Crippen molar-refractivity contribution in [1.29, 1.82) is 0 Å². The molecule has 0 spiro atoms. The van der Waals surface area contributed by atoms with Gasteiger partial charge in [-0.25, -0.2) is 0 Å². The zero-order chi connectivity index (χ0) is 13.4. The van der Waals surface area contributed by atoms with E-state index in [0.717, 1.165) is 18.5 Å². The van der Waals surface area contributed by atoms with E-state index in [9.17, 15) is 4.79 Å². The van der Waals surface area contributed by atoms with E-state index in [1.807, 2.05) is 12.1 Å². The van der Waals surface area contributed by atoms with Crippen LogP contribution in [0.2, 0.25) is 0 Å². The molecule has 0 aliphatic rings. The van der Waals surface area contributed by atoms with Crippen molar-refractivity contribution < 1.29 is 4.79 Å². The Morgan fingerprint density at radius 3 is 2.78 bits per heavy atom. The van der Waals surface area contributed by atoms with Gasteiger partial charge in [0.1, 0.15) is 0 Å². The third kappa shape index (κ3) is 6.40. The Labute approximate surface area is 110 Å². The lowest BCUT2D eigenvalue weighted by atomic mass is 10.1. The summed E-state index contributed by atoms with van der Waals surface area (Å²) >= 11 is 0. The standard InChI is InChI=1S/C15H24N2O/c1-12(2)7-8-16-11-15(18)17-10-14-6-4-5-13(3)9-14/h4-6,9,12,16H,7-8,10-11H2,1-3H3,(H,17,18). The largest absolute Gasteiger partial charge is 0.351 e. The number of carbonyl (C=O) groups excluding carboxylic acids is 1. The van der Waals surface area contributed by atoms with E-state index in [1.54, 1.807) is 0 Å². The molecule has 0 saturated carbocycles. The number of hydrogen-bond acceptors (Lipinski definition) is 2. The van der Waals surface area contributed by atoms with E-state index in [4.69, 9.17) is 0 Å². The molecule has 100 valence electrons. The highest BCUT2D eigenvalue weighted by Crippen LogP contribution is 2.02. The molecule has 0 aromatic heterocycles. The minimum absolute atomic E-state index is 0.0558. The highest BCUT2D eigenvalue weighted by molar-refractivity contribution is 5.77. The summed E-state index contributed by atoms with van der Waals surface area (Å²) in [5.41, 5.74) is 2.36. The fraction of sp³-hybridized carbons (Fsp3) is 0.533. The van der Waals surface area contributed by atoms with Crippen molar-refractivity contribution in [2.45, 2.75) is 33.7 Å². The first-order chi connectivity index (χ1) is 8.58. The predicted molar refractivity (Wildman–Crippen MR) is 75.4 cm³/mol. The molecule has 0 saturated heterocycles. The van der Waals surface area contributed by atoms with Crippen LogP contribution in [0.15, 0.2) is 24.3 Å². The Morgan fingerprint density at radius 1 is 1.33 bits per heavy atom. The maximum absolute atomic E-state index is 11.6. The topological polar surface area (TPSA) is 41.1 Å². The van der Waals surface area contributed by atoms with Gasteiger partial charge in [0.2, 0.25) is 5.91 Å². The van der Waals surface area contributed by atoms with Crippen LogP contribution >= 0.6 is 0 Å². The van der Waals surface area contributed by atoms with Gasteiger partial charge in [-0.15, -0.1) is 0 Å². The van der Waals surface area contributed by atoms with E-state index in [2.05, 4.69) is 43.5 Å². The van der Waals surface area contributed by atoms with Gasteiger partial charge in [0.25, 0.3) is 0 Å². The zero-order valence-corrected chi connectivity index (χ0v) is 11.6. The second-order valence-electron chi connectivity index (χ2n) is 5.13. The van der Waals surface area contributed by atoms with Gasteiger partial charge in [-0.2, -0.15) is 0 Å². The lowest BCUT2D eigenvalue weighted by Crippen LogP contribution is -2.34. The van der Waals surface area contributed by atoms with Gasteiger partial charge in [0, 0.05) is 6.54 Å². The van der Waals surface area contributed by atoms with E-state index in [1.165, 1.54) is 5.56 Å². The Morgan fingerprint density at radius 2 is 2.11 bits per heavy atom. The molecular weight excluding hydrogens is 224 g/mol. The number of carbonyl (C=O) groups is 1. The molecule has 3 nitrogen and oxygen atoms in total. The van der Waals surface area contributed by atoms with Gasteiger partial charge < -0.3 is 10.6 Å². The Bertz CT molecular complexity index is 375. The fourth-order valence-corrected chi connectivity index (χ4v) is 1.68. The molecule has 18 heavy (non-hydrogen) atoms. The summed E-state index contributed by atoms with van der Waals surface area (Å²) in [5, 5.41) is 6.06. The van der Waals surface area contributed by atoms with Crippen molar-refractivity contribution in [2.24, 2.45) is 5.92 Å². The molecule has 3 heteroatoms. The molecule has 0 atom stereocenters. The quantitative estimate of drug-likeness (QED) is 0.727. The number of nitrogens with one attached hydrogen (secondary N) is 2. The number of aryl methyl sites for hydroxylation is 1. The summed E-state index contributed by atoms with van der Waals surface area (Å²) in [6.07, 6.45) is 1.10. The van der Waals surface area contributed by atoms with Crippen molar-refractivity contribution in [3.8, 4) is 0 Å². The van der Waals surface area contributed by atoms with Crippen LogP contribution in [0.25, 0.3) is 0 Å². The lowest BCUT2D eigenvalue weighted by molar-refractivity contribution is -0.120. The molecular formula is C15H24N2O. The molecule has 0 aliphatic heterocycles. The minimum atomic E-state index is 0.0558. The van der Waals surface area contributed by atoms with Crippen LogP contribution in [-0.4, -0.2) is 19.0 Å². The van der Waals surface area contributed by atoms with E-state index >= 15 is 0 Å². The van der Waals surface area contributed by atoms with Crippen molar-refractivity contribution in [3.63, 3.8) is 0 Å². The molecule has 0 unspecified atom stereocenters. The average molecular weight is 248 g/mol. The van der Waals surface area contributed by atoms with Gasteiger partial charge >= 0.3 is 0 Å². The van der Waals surface area contributed by atoms with Crippen molar-refractivity contribution >= 4 is 5.91 Å². The van der Waals surface area contributed by atoms with Crippen LogP contribution in [0.4, 0.5) is 0 Å². The molecule has 1 amide bonds. The average Bonchev–Trinajstić information content (AvgIpc) is 2.32. The monoisotopic (exact) mass is 248 g/mol. The van der Waals surface area contributed by atoms with Crippen LogP contribution < -0.4 is 10.6 Å². The van der Waals surface area contributed by atoms with Gasteiger partial charge in [-0.3, -0.25) is 4.79 Å². The second-order valence-corrected chi connectivity index (χ2v) is 5.13. The Kier molecular flexibility index (Phi) is 6.44. The molecule has 0 heterocycles. The highest BCUT2D eigenvalue weighted by atomic mass is 16.1. The molecule has 1 rings (SSSR count). The van der Waals surface area contributed by atoms with Crippen LogP contribution in [0.1, 0.15) is 31.4 Å². The third-order valence-corrected chi connectivity index (χ3v) is 2.76. The van der Waals surface area contributed by atoms with E-state index in [0.29, 0.717) is 19.0 Å². The molecule has 1 aromatic rings.